The zero-order valence-electron chi connectivity index (χ0n) is 15.1. The molecule has 0 bridgehead atoms. The summed E-state index contributed by atoms with van der Waals surface area (Å²) in [6.45, 7) is 5.64. The summed E-state index contributed by atoms with van der Waals surface area (Å²) in [5, 5.41) is 12.0. The first-order valence-electron chi connectivity index (χ1n) is 8.43. The fourth-order valence-electron chi connectivity index (χ4n) is 2.59. The minimum absolute atomic E-state index is 0.179. The molecule has 0 fully saturated rings. The molecule has 0 amide bonds. The number of aromatic amines is 1. The van der Waals surface area contributed by atoms with Gasteiger partial charge in [-0.25, -0.2) is 4.98 Å². The highest BCUT2D eigenvalue weighted by Crippen LogP contribution is 2.22. The molecule has 0 radical (unpaired) electrons. The van der Waals surface area contributed by atoms with Crippen LogP contribution in [-0.4, -0.2) is 19.7 Å². The summed E-state index contributed by atoms with van der Waals surface area (Å²) >= 11 is 12.1. The van der Waals surface area contributed by atoms with Gasteiger partial charge in [0, 0.05) is 16.3 Å². The molecular weight excluding hydrogens is 387 g/mol. The number of H-pyrrole nitrogens is 1. The van der Waals surface area contributed by atoms with Gasteiger partial charge in [0.1, 0.15) is 5.15 Å². The number of rotatable bonds is 5. The minimum Gasteiger partial charge on any atom is -0.290 e. The number of benzene rings is 1. The van der Waals surface area contributed by atoms with Crippen LogP contribution in [0.4, 0.5) is 11.4 Å². The Morgan fingerprint density at radius 2 is 1.81 bits per heavy atom. The second-order valence-electron chi connectivity index (χ2n) is 6.03. The molecule has 9 heteroatoms. The van der Waals surface area contributed by atoms with Crippen molar-refractivity contribution in [2.45, 2.75) is 33.6 Å². The molecule has 27 heavy (non-hydrogen) atoms. The van der Waals surface area contributed by atoms with Crippen molar-refractivity contribution in [3.63, 3.8) is 0 Å². The summed E-state index contributed by atoms with van der Waals surface area (Å²) in [6, 6.07) is 6.83. The number of azo groups is 1. The van der Waals surface area contributed by atoms with Crippen molar-refractivity contribution in [1.29, 1.82) is 0 Å². The van der Waals surface area contributed by atoms with E-state index in [1.165, 1.54) is 4.68 Å². The normalized spacial score (nSPS) is 11.4. The van der Waals surface area contributed by atoms with Crippen molar-refractivity contribution in [3.05, 3.63) is 61.7 Å². The largest absolute Gasteiger partial charge is 0.301 e. The van der Waals surface area contributed by atoms with Crippen molar-refractivity contribution in [1.82, 2.24) is 19.7 Å². The van der Waals surface area contributed by atoms with E-state index in [9.17, 15) is 4.79 Å². The fraction of sp³-hybridized carbons (Fsp3) is 0.278. The van der Waals surface area contributed by atoms with Gasteiger partial charge < -0.3 is 0 Å². The Balaban J connectivity index is 1.99. The van der Waals surface area contributed by atoms with Crippen molar-refractivity contribution in [2.75, 3.05) is 0 Å². The highest BCUT2D eigenvalue weighted by atomic mass is 35.5. The van der Waals surface area contributed by atoms with Crippen LogP contribution in [-0.2, 0) is 6.42 Å². The molecule has 1 aromatic carbocycles. The number of hydrogen-bond acceptors (Lipinski definition) is 5. The second-order valence-corrected chi connectivity index (χ2v) is 6.83. The molecule has 0 atom stereocenters. The van der Waals surface area contributed by atoms with E-state index in [0.717, 1.165) is 24.1 Å². The lowest BCUT2D eigenvalue weighted by Gasteiger charge is -2.08. The van der Waals surface area contributed by atoms with Crippen LogP contribution in [0.15, 0.2) is 39.3 Å². The van der Waals surface area contributed by atoms with Gasteiger partial charge in [0.25, 0.3) is 5.95 Å². The lowest BCUT2D eigenvalue weighted by Crippen LogP contribution is -2.18. The number of aryl methyl sites for hydroxylation is 2. The van der Waals surface area contributed by atoms with Gasteiger partial charge in [-0.05, 0) is 44.5 Å². The Hall–Kier alpha value is -2.51. The zero-order valence-corrected chi connectivity index (χ0v) is 16.6. The van der Waals surface area contributed by atoms with E-state index in [1.54, 1.807) is 31.2 Å². The van der Waals surface area contributed by atoms with Gasteiger partial charge in [-0.1, -0.05) is 36.5 Å². The van der Waals surface area contributed by atoms with Crippen LogP contribution in [0, 0.1) is 13.8 Å². The summed E-state index contributed by atoms with van der Waals surface area (Å²) in [5.74, 6) is 0.179. The number of halogens is 2. The molecule has 3 aromatic rings. The molecule has 0 unspecified atom stereocenters. The maximum atomic E-state index is 12.7. The van der Waals surface area contributed by atoms with Gasteiger partial charge in [-0.15, -0.1) is 5.11 Å². The van der Waals surface area contributed by atoms with Crippen molar-refractivity contribution >= 4 is 34.6 Å². The third kappa shape index (κ3) is 4.09. The lowest BCUT2D eigenvalue weighted by atomic mass is 10.1. The maximum absolute atomic E-state index is 12.7. The van der Waals surface area contributed by atoms with Gasteiger partial charge in [0.05, 0.1) is 11.4 Å². The monoisotopic (exact) mass is 404 g/mol. The average molecular weight is 405 g/mol. The smallest absolute Gasteiger partial charge is 0.290 e. The van der Waals surface area contributed by atoms with E-state index in [2.05, 4.69) is 32.2 Å². The quantitative estimate of drug-likeness (QED) is 0.465. The maximum Gasteiger partial charge on any atom is 0.301 e. The molecule has 0 saturated carbocycles. The number of nitrogens with zero attached hydrogens (tertiary/aromatic N) is 5. The molecule has 0 saturated heterocycles. The van der Waals surface area contributed by atoms with Crippen LogP contribution in [0.25, 0.3) is 5.95 Å². The van der Waals surface area contributed by atoms with Crippen LogP contribution in [0.5, 0.6) is 0 Å². The van der Waals surface area contributed by atoms with E-state index in [4.69, 9.17) is 23.2 Å². The van der Waals surface area contributed by atoms with Gasteiger partial charge in [0.15, 0.2) is 5.69 Å². The number of nitrogens with one attached hydrogen (secondary N) is 1. The standard InChI is InChI=1S/C18H18Cl2N6O/c1-4-5-14-10(2)21-18(22-16(14)20)26-17(27)15(11(3)25-26)24-23-13-8-6-12(19)7-9-13/h6-9,25H,4-5H2,1-3H3. The third-order valence-electron chi connectivity index (χ3n) is 3.98. The first-order chi connectivity index (χ1) is 12.9. The predicted octanol–water partition coefficient (Wildman–Crippen LogP) is 5.25. The molecule has 0 spiro atoms. The van der Waals surface area contributed by atoms with Crippen LogP contribution < -0.4 is 5.56 Å². The van der Waals surface area contributed by atoms with Crippen LogP contribution in [0.1, 0.15) is 30.3 Å². The third-order valence-corrected chi connectivity index (χ3v) is 4.55. The second kappa shape index (κ2) is 8.02. The van der Waals surface area contributed by atoms with E-state index in [1.807, 2.05) is 6.92 Å². The average Bonchev–Trinajstić information content (AvgIpc) is 2.92. The molecule has 2 heterocycles. The van der Waals surface area contributed by atoms with Gasteiger partial charge >= 0.3 is 5.56 Å². The molecule has 2 aromatic heterocycles. The first-order valence-corrected chi connectivity index (χ1v) is 9.18. The Kier molecular flexibility index (Phi) is 5.72. The van der Waals surface area contributed by atoms with Crippen molar-refractivity contribution in [2.24, 2.45) is 10.2 Å². The van der Waals surface area contributed by atoms with Crippen LogP contribution in [0.2, 0.25) is 10.2 Å². The van der Waals surface area contributed by atoms with Gasteiger partial charge in [-0.2, -0.15) is 14.8 Å². The van der Waals surface area contributed by atoms with E-state index >= 15 is 0 Å². The number of aromatic nitrogens is 4. The van der Waals surface area contributed by atoms with Gasteiger partial charge in [0.2, 0.25) is 0 Å². The Morgan fingerprint density at radius 3 is 2.44 bits per heavy atom. The Labute approximate surface area is 166 Å². The van der Waals surface area contributed by atoms with Crippen LogP contribution >= 0.6 is 23.2 Å². The molecule has 7 nitrogen and oxygen atoms in total. The summed E-state index contributed by atoms with van der Waals surface area (Å²) in [4.78, 5) is 21.4. The molecular formula is C18H18Cl2N6O. The van der Waals surface area contributed by atoms with E-state index in [-0.39, 0.29) is 11.6 Å². The lowest BCUT2D eigenvalue weighted by molar-refractivity contribution is 0.758. The predicted molar refractivity (Wildman–Crippen MR) is 106 cm³/mol. The first kappa shape index (κ1) is 19.3. The topological polar surface area (TPSA) is 88.3 Å². The molecule has 0 aliphatic heterocycles. The van der Waals surface area contributed by atoms with E-state index in [0.29, 0.717) is 21.6 Å². The van der Waals surface area contributed by atoms with Crippen LogP contribution in [0.3, 0.4) is 0 Å². The molecule has 1 N–H and O–H groups in total. The molecule has 0 aliphatic carbocycles. The summed E-state index contributed by atoms with van der Waals surface area (Å²) in [5.41, 5.74) is 2.55. The Morgan fingerprint density at radius 1 is 1.11 bits per heavy atom. The Bertz CT molecular complexity index is 1030. The van der Waals surface area contributed by atoms with Crippen molar-refractivity contribution < 1.29 is 0 Å². The fourth-order valence-corrected chi connectivity index (χ4v) is 3.03. The highest BCUT2D eigenvalue weighted by molar-refractivity contribution is 6.30. The zero-order chi connectivity index (χ0) is 19.6. The summed E-state index contributed by atoms with van der Waals surface area (Å²) < 4.78 is 1.22. The SMILES string of the molecule is CCCc1c(C)nc(-n2[nH]c(C)c(N=Nc3ccc(Cl)cc3)c2=O)nc1Cl. The molecule has 140 valence electrons. The minimum atomic E-state index is -0.399. The number of hydrogen-bond donors (Lipinski definition) is 1. The summed E-state index contributed by atoms with van der Waals surface area (Å²) in [7, 11) is 0. The molecule has 3 rings (SSSR count). The summed E-state index contributed by atoms with van der Waals surface area (Å²) in [6.07, 6.45) is 1.71. The van der Waals surface area contributed by atoms with Gasteiger partial charge in [-0.3, -0.25) is 9.89 Å². The highest BCUT2D eigenvalue weighted by Gasteiger charge is 2.17. The molecule has 0 aliphatic rings. The van der Waals surface area contributed by atoms with Crippen molar-refractivity contribution in [3.8, 4) is 5.95 Å². The van der Waals surface area contributed by atoms with E-state index < -0.39 is 5.56 Å².